The van der Waals surface area contributed by atoms with Gasteiger partial charge in [0, 0.05) is 31.6 Å². The monoisotopic (exact) mass is 594 g/mol. The molecule has 31 heavy (non-hydrogen) atoms. The molecule has 2 nitrogen and oxygen atoms in total. The van der Waals surface area contributed by atoms with Gasteiger partial charge in [-0.2, -0.15) is 0 Å². The van der Waals surface area contributed by atoms with Crippen molar-refractivity contribution in [1.29, 1.82) is 0 Å². The number of ether oxygens (including phenoxy) is 2. The fourth-order valence-electron chi connectivity index (χ4n) is 2.23. The number of benzene rings is 2. The van der Waals surface area contributed by atoms with E-state index >= 15 is 0 Å². The molecule has 0 aliphatic rings. The molecule has 0 atom stereocenters. The second-order valence-corrected chi connectivity index (χ2v) is 12.2. The van der Waals surface area contributed by atoms with Gasteiger partial charge in [0.25, 0.3) is 0 Å². The van der Waals surface area contributed by atoms with Crippen LogP contribution in [0.4, 0.5) is 0 Å². The zero-order chi connectivity index (χ0) is 23.4. The zero-order valence-electron chi connectivity index (χ0n) is 16.4. The summed E-state index contributed by atoms with van der Waals surface area (Å²) in [6.07, 6.45) is 0. The number of alkyl halides is 3. The molecule has 0 spiro atoms. The van der Waals surface area contributed by atoms with E-state index in [1.54, 1.807) is 24.3 Å². The van der Waals surface area contributed by atoms with E-state index in [9.17, 15) is 0 Å². The van der Waals surface area contributed by atoms with Gasteiger partial charge in [-0.25, -0.2) is 0 Å². The van der Waals surface area contributed by atoms with E-state index in [-0.39, 0.29) is 5.92 Å². The SMILES string of the molecule is CCOC(=S)SSC(=S)OCC.Clc1ccc(C(c2ccc(Cl)cc2)C(Cl)(Cl)Cl)cc1. The van der Waals surface area contributed by atoms with Crippen LogP contribution in [-0.4, -0.2) is 25.8 Å². The summed E-state index contributed by atoms with van der Waals surface area (Å²) in [7, 11) is 2.62. The van der Waals surface area contributed by atoms with Crippen molar-refractivity contribution in [3.8, 4) is 0 Å². The Balaban J connectivity index is 0.000000348. The Labute approximate surface area is 227 Å². The molecule has 0 unspecified atom stereocenters. The van der Waals surface area contributed by atoms with Gasteiger partial charge in [-0.1, -0.05) is 82.3 Å². The Kier molecular flexibility index (Phi) is 14.5. The summed E-state index contributed by atoms with van der Waals surface area (Å²) < 4.78 is 9.58. The quantitative estimate of drug-likeness (QED) is 0.197. The van der Waals surface area contributed by atoms with Crippen molar-refractivity contribution in [2.45, 2.75) is 23.6 Å². The van der Waals surface area contributed by atoms with Crippen LogP contribution in [0.5, 0.6) is 0 Å². The fraction of sp³-hybridized carbons (Fsp3) is 0.300. The molecule has 0 aliphatic carbocycles. The molecule has 11 heteroatoms. The van der Waals surface area contributed by atoms with Crippen LogP contribution < -0.4 is 0 Å². The lowest BCUT2D eigenvalue weighted by atomic mass is 9.92. The maximum absolute atomic E-state index is 6.11. The maximum atomic E-state index is 6.11. The maximum Gasteiger partial charge on any atom is 0.231 e. The van der Waals surface area contributed by atoms with Crippen LogP contribution in [0.15, 0.2) is 48.5 Å². The van der Waals surface area contributed by atoms with Gasteiger partial charge < -0.3 is 9.47 Å². The predicted molar refractivity (Wildman–Crippen MR) is 149 cm³/mol. The van der Waals surface area contributed by atoms with Crippen molar-refractivity contribution in [1.82, 2.24) is 0 Å². The van der Waals surface area contributed by atoms with E-state index in [0.29, 0.717) is 32.0 Å². The van der Waals surface area contributed by atoms with Crippen LogP contribution in [-0.2, 0) is 9.47 Å². The average molecular weight is 597 g/mol. The highest BCUT2D eigenvalue weighted by atomic mass is 35.6. The highest BCUT2D eigenvalue weighted by Gasteiger charge is 2.35. The highest BCUT2D eigenvalue weighted by molar-refractivity contribution is 8.89. The summed E-state index contributed by atoms with van der Waals surface area (Å²) in [6, 6.07) is 14.5. The predicted octanol–water partition coefficient (Wildman–Crippen LogP) is 9.51. The van der Waals surface area contributed by atoms with Crippen molar-refractivity contribution in [3.63, 3.8) is 0 Å². The van der Waals surface area contributed by atoms with Crippen molar-refractivity contribution in [2.75, 3.05) is 13.2 Å². The molecular weight excluding hydrogens is 578 g/mol. The first-order chi connectivity index (χ1) is 14.6. The van der Waals surface area contributed by atoms with Crippen LogP contribution in [0.25, 0.3) is 0 Å². The Bertz CT molecular complexity index is 763. The van der Waals surface area contributed by atoms with Gasteiger partial charge in [0.15, 0.2) is 0 Å². The number of thiocarbonyl (C=S) groups is 2. The third kappa shape index (κ3) is 11.9. The Morgan fingerprint density at radius 1 is 0.774 bits per heavy atom. The molecule has 0 amide bonds. The van der Waals surface area contributed by atoms with E-state index in [1.807, 2.05) is 38.1 Å². The van der Waals surface area contributed by atoms with Crippen LogP contribution in [0, 0.1) is 0 Å². The number of rotatable bonds is 4. The van der Waals surface area contributed by atoms with Crippen LogP contribution in [0.2, 0.25) is 10.0 Å². The molecule has 0 heterocycles. The molecule has 0 aromatic heterocycles. The van der Waals surface area contributed by atoms with E-state index in [2.05, 4.69) is 0 Å². The smallest absolute Gasteiger partial charge is 0.231 e. The lowest BCUT2D eigenvalue weighted by molar-refractivity contribution is 0.345. The van der Waals surface area contributed by atoms with E-state index in [0.717, 1.165) is 11.1 Å². The second kappa shape index (κ2) is 15.3. The minimum absolute atomic E-state index is 0.382. The minimum Gasteiger partial charge on any atom is -0.478 e. The first-order valence-electron chi connectivity index (χ1n) is 8.84. The van der Waals surface area contributed by atoms with Gasteiger partial charge in [0.1, 0.15) is 0 Å². The Morgan fingerprint density at radius 3 is 1.35 bits per heavy atom. The molecular formula is C20H19Cl5O2S4. The lowest BCUT2D eigenvalue weighted by Gasteiger charge is -2.25. The zero-order valence-corrected chi connectivity index (χ0v) is 23.5. The molecule has 0 aliphatic heterocycles. The van der Waals surface area contributed by atoms with E-state index in [4.69, 9.17) is 91.9 Å². The van der Waals surface area contributed by atoms with Crippen molar-refractivity contribution >= 4 is 113 Å². The molecule has 170 valence electrons. The van der Waals surface area contributed by atoms with E-state index < -0.39 is 3.79 Å². The molecule has 2 aromatic carbocycles. The van der Waals surface area contributed by atoms with Gasteiger partial charge in [0.05, 0.1) is 19.1 Å². The van der Waals surface area contributed by atoms with Crippen LogP contribution >= 0.6 is 104 Å². The summed E-state index contributed by atoms with van der Waals surface area (Å²) >= 11 is 39.8. The average Bonchev–Trinajstić information content (AvgIpc) is 2.70. The normalized spacial score (nSPS) is 10.8. The molecule has 0 fully saturated rings. The van der Waals surface area contributed by atoms with Gasteiger partial charge in [0.2, 0.25) is 12.6 Å². The number of halogens is 5. The number of hydrogen-bond donors (Lipinski definition) is 0. The second-order valence-electron chi connectivity index (χ2n) is 5.61. The third-order valence-electron chi connectivity index (χ3n) is 3.44. The van der Waals surface area contributed by atoms with E-state index in [1.165, 1.54) is 21.6 Å². The minimum atomic E-state index is -1.46. The molecule has 0 saturated heterocycles. The summed E-state index contributed by atoms with van der Waals surface area (Å²) in [5.41, 5.74) is 1.76. The Morgan fingerprint density at radius 2 is 1.10 bits per heavy atom. The van der Waals surface area contributed by atoms with Gasteiger partial charge in [-0.3, -0.25) is 0 Å². The summed E-state index contributed by atoms with van der Waals surface area (Å²) in [4.78, 5) is 0. The van der Waals surface area contributed by atoms with Gasteiger partial charge in [-0.15, -0.1) is 0 Å². The van der Waals surface area contributed by atoms with Crippen molar-refractivity contribution in [3.05, 3.63) is 69.7 Å². The van der Waals surface area contributed by atoms with Gasteiger partial charge >= 0.3 is 0 Å². The molecule has 0 bridgehead atoms. The first-order valence-corrected chi connectivity index (χ1v) is 13.7. The highest BCUT2D eigenvalue weighted by Crippen LogP contribution is 2.45. The molecule has 2 rings (SSSR count). The van der Waals surface area contributed by atoms with Gasteiger partial charge in [-0.05, 0) is 73.7 Å². The third-order valence-corrected chi connectivity index (χ3v) is 7.71. The van der Waals surface area contributed by atoms with Crippen LogP contribution in [0.1, 0.15) is 30.9 Å². The van der Waals surface area contributed by atoms with Crippen molar-refractivity contribution < 1.29 is 9.47 Å². The summed E-state index contributed by atoms with van der Waals surface area (Å²) in [5, 5.41) is 1.28. The largest absolute Gasteiger partial charge is 0.478 e. The number of hydrogen-bond acceptors (Lipinski definition) is 6. The fourth-order valence-corrected chi connectivity index (χ4v) is 5.25. The summed E-state index contributed by atoms with van der Waals surface area (Å²) in [6.45, 7) is 4.96. The van der Waals surface area contributed by atoms with Crippen LogP contribution in [0.3, 0.4) is 0 Å². The van der Waals surface area contributed by atoms with Crippen molar-refractivity contribution in [2.24, 2.45) is 0 Å². The topological polar surface area (TPSA) is 18.5 Å². The molecule has 0 N–H and O–H groups in total. The Hall–Kier alpha value is 0.370. The lowest BCUT2D eigenvalue weighted by Crippen LogP contribution is -2.18. The molecule has 0 radical (unpaired) electrons. The molecule has 2 aromatic rings. The summed E-state index contributed by atoms with van der Waals surface area (Å²) in [5.74, 6) is -0.382. The molecule has 0 saturated carbocycles. The first kappa shape index (κ1) is 29.4. The standard InChI is InChI=1S/C14H9Cl5.C6H10O2S4/c15-11-5-1-9(2-6-11)13(14(17,18)19)10-3-7-12(16)8-4-10;1-3-7-5(9)11-12-6(10)8-4-2/h1-8,13H;3-4H2,1-2H3.